The minimum Gasteiger partial charge on any atom is -0.379 e. The van der Waals surface area contributed by atoms with Gasteiger partial charge >= 0.3 is 22.2 Å². The average molecular weight is 615 g/mol. The highest BCUT2D eigenvalue weighted by Gasteiger charge is 2.46. The maximum atomic E-state index is 15.2. The molecule has 1 fully saturated rings. The Labute approximate surface area is 226 Å². The number of nitrogens with one attached hydrogen (secondary N) is 1. The fraction of sp³-hybridized carbons (Fsp3) is 0.273. The van der Waals surface area contributed by atoms with Crippen molar-refractivity contribution in [2.24, 2.45) is 0 Å². The van der Waals surface area contributed by atoms with E-state index < -0.39 is 65.5 Å². The number of aromatic nitrogens is 1. The number of rotatable bonds is 9. The Bertz CT molecular complexity index is 1480. The zero-order chi connectivity index (χ0) is 28.5. The fourth-order valence-electron chi connectivity index (χ4n) is 3.58. The minimum atomic E-state index is -5.66. The van der Waals surface area contributed by atoms with Crippen molar-refractivity contribution in [2.75, 3.05) is 22.9 Å². The van der Waals surface area contributed by atoms with E-state index in [1.807, 2.05) is 0 Å². The maximum Gasteiger partial charge on any atom is 0.493 e. The first-order valence-electron chi connectivity index (χ1n) is 10.9. The van der Waals surface area contributed by atoms with Crippen LogP contribution in [0.2, 0.25) is 5.02 Å². The van der Waals surface area contributed by atoms with Gasteiger partial charge in [-0.1, -0.05) is 28.2 Å². The molecule has 0 bridgehead atoms. The van der Waals surface area contributed by atoms with Crippen LogP contribution in [0.1, 0.15) is 17.5 Å². The highest BCUT2D eigenvalue weighted by molar-refractivity contribution is 7.92. The molecule has 210 valence electrons. The van der Waals surface area contributed by atoms with Crippen LogP contribution >= 0.6 is 22.9 Å². The summed E-state index contributed by atoms with van der Waals surface area (Å²) in [7, 11) is -5.66. The van der Waals surface area contributed by atoms with Crippen LogP contribution in [0.4, 0.5) is 37.8 Å². The molecule has 0 saturated carbocycles. The van der Waals surface area contributed by atoms with Gasteiger partial charge in [-0.3, -0.25) is 4.90 Å². The Hall–Kier alpha value is -3.08. The first-order valence-corrected chi connectivity index (χ1v) is 13.7. The van der Waals surface area contributed by atoms with Gasteiger partial charge in [0.25, 0.3) is 0 Å². The first-order chi connectivity index (χ1) is 18.3. The second-order valence-electron chi connectivity index (χ2n) is 8.18. The van der Waals surface area contributed by atoms with Crippen molar-refractivity contribution < 1.29 is 44.4 Å². The van der Waals surface area contributed by atoms with E-state index in [0.717, 1.165) is 30.4 Å². The molecule has 39 heavy (non-hydrogen) atoms. The summed E-state index contributed by atoms with van der Waals surface area (Å²) in [6.45, 7) is 1.82. The number of alkyl halides is 3. The van der Waals surface area contributed by atoms with E-state index in [0.29, 0.717) is 29.5 Å². The standard InChI is InChI=1S/C22H17ClF6N4O4S2/c23-18-16(30-8-13-12(3-1-4-14(13)24)9-32-5-2-6-32)7-15(25)20(19(18)26)39(35,36)33(17-10-38-11-31-17)37-21(34)22(27,28)29/h1,3-4,7,10-11,30H,2,5-6,8-9H2. The molecule has 0 spiro atoms. The Kier molecular flexibility index (Phi) is 8.30. The van der Waals surface area contributed by atoms with Crippen molar-refractivity contribution in [2.45, 2.75) is 30.6 Å². The predicted octanol–water partition coefficient (Wildman–Crippen LogP) is 5.25. The number of nitrogens with zero attached hydrogens (tertiary/aromatic N) is 3. The van der Waals surface area contributed by atoms with Crippen molar-refractivity contribution in [1.82, 2.24) is 9.88 Å². The van der Waals surface area contributed by atoms with E-state index in [1.54, 1.807) is 6.07 Å². The highest BCUT2D eigenvalue weighted by atomic mass is 35.5. The van der Waals surface area contributed by atoms with E-state index in [1.165, 1.54) is 12.1 Å². The Morgan fingerprint density at radius 3 is 2.51 bits per heavy atom. The number of anilines is 2. The monoisotopic (exact) mass is 614 g/mol. The third-order valence-electron chi connectivity index (χ3n) is 5.61. The van der Waals surface area contributed by atoms with Gasteiger partial charge in [-0.05, 0) is 31.1 Å². The lowest BCUT2D eigenvalue weighted by Crippen LogP contribution is -2.39. The van der Waals surface area contributed by atoms with Gasteiger partial charge in [0.1, 0.15) is 16.7 Å². The van der Waals surface area contributed by atoms with E-state index in [9.17, 15) is 30.8 Å². The van der Waals surface area contributed by atoms with Gasteiger partial charge < -0.3 is 10.2 Å². The molecule has 0 radical (unpaired) electrons. The van der Waals surface area contributed by atoms with E-state index in [-0.39, 0.29) is 12.1 Å². The summed E-state index contributed by atoms with van der Waals surface area (Å²) < 4.78 is 109. The van der Waals surface area contributed by atoms with Gasteiger partial charge in [0.15, 0.2) is 16.5 Å². The van der Waals surface area contributed by atoms with Gasteiger partial charge in [-0.25, -0.2) is 22.9 Å². The number of hydrogen-bond donors (Lipinski definition) is 1. The number of thiazole rings is 1. The summed E-state index contributed by atoms with van der Waals surface area (Å²) in [5.74, 6) is -8.12. The van der Waals surface area contributed by atoms with Crippen LogP contribution in [0.25, 0.3) is 0 Å². The Morgan fingerprint density at radius 2 is 1.92 bits per heavy atom. The molecule has 4 rings (SSSR count). The summed E-state index contributed by atoms with van der Waals surface area (Å²) >= 11 is 6.65. The zero-order valence-electron chi connectivity index (χ0n) is 19.4. The number of carbonyl (C=O) groups excluding carboxylic acids is 1. The largest absolute Gasteiger partial charge is 0.493 e. The number of sulfonamides is 1. The molecule has 8 nitrogen and oxygen atoms in total. The van der Waals surface area contributed by atoms with Gasteiger partial charge in [0, 0.05) is 30.1 Å². The van der Waals surface area contributed by atoms with Gasteiger partial charge in [-0.2, -0.15) is 21.6 Å². The normalized spacial score (nSPS) is 14.1. The van der Waals surface area contributed by atoms with Crippen molar-refractivity contribution >= 4 is 50.4 Å². The molecular formula is C22H17ClF6N4O4S2. The lowest BCUT2D eigenvalue weighted by Gasteiger charge is -2.31. The van der Waals surface area contributed by atoms with Crippen LogP contribution < -0.4 is 9.79 Å². The zero-order valence-corrected chi connectivity index (χ0v) is 21.8. The Balaban J connectivity index is 1.66. The fourth-order valence-corrected chi connectivity index (χ4v) is 5.74. The summed E-state index contributed by atoms with van der Waals surface area (Å²) in [6.07, 6.45) is -4.64. The molecule has 0 unspecified atom stereocenters. The predicted molar refractivity (Wildman–Crippen MR) is 129 cm³/mol. The molecule has 0 atom stereocenters. The van der Waals surface area contributed by atoms with E-state index in [2.05, 4.69) is 20.0 Å². The summed E-state index contributed by atoms with van der Waals surface area (Å²) in [5.41, 5.74) is 1.32. The maximum absolute atomic E-state index is 15.2. The Morgan fingerprint density at radius 1 is 1.21 bits per heavy atom. The quantitative estimate of drug-likeness (QED) is 0.200. The second-order valence-corrected chi connectivity index (χ2v) is 11.0. The molecule has 1 N–H and O–H groups in total. The molecule has 3 aromatic rings. The van der Waals surface area contributed by atoms with E-state index in [4.69, 9.17) is 11.6 Å². The number of benzene rings is 2. The SMILES string of the molecule is O=C(ON(c1cscn1)S(=O)(=O)c1c(F)cc(NCc2c(F)cccc2CN2CCC2)c(Cl)c1F)C(F)(F)F. The second kappa shape index (κ2) is 11.2. The van der Waals surface area contributed by atoms with Crippen molar-refractivity contribution in [3.8, 4) is 0 Å². The van der Waals surface area contributed by atoms with E-state index >= 15 is 8.78 Å². The van der Waals surface area contributed by atoms with Gasteiger partial charge in [-0.15, -0.1) is 11.3 Å². The van der Waals surface area contributed by atoms with Crippen molar-refractivity contribution in [3.05, 3.63) is 68.8 Å². The molecule has 1 saturated heterocycles. The summed E-state index contributed by atoms with van der Waals surface area (Å²) in [4.78, 5) is 19.0. The summed E-state index contributed by atoms with van der Waals surface area (Å²) in [6, 6.07) is 4.87. The topological polar surface area (TPSA) is 91.8 Å². The smallest absolute Gasteiger partial charge is 0.379 e. The molecule has 1 aliphatic heterocycles. The van der Waals surface area contributed by atoms with Crippen LogP contribution in [0.3, 0.4) is 0 Å². The van der Waals surface area contributed by atoms with Crippen LogP contribution in [0, 0.1) is 17.5 Å². The third kappa shape index (κ3) is 6.08. The van der Waals surface area contributed by atoms with Gasteiger partial charge in [0.2, 0.25) is 0 Å². The van der Waals surface area contributed by atoms with Crippen molar-refractivity contribution in [1.29, 1.82) is 0 Å². The molecule has 1 aliphatic rings. The van der Waals surface area contributed by atoms with Crippen LogP contribution in [-0.4, -0.2) is 43.5 Å². The molecule has 0 aliphatic carbocycles. The summed E-state index contributed by atoms with van der Waals surface area (Å²) in [5, 5.41) is 2.47. The number of halogens is 7. The lowest BCUT2D eigenvalue weighted by atomic mass is 10.0. The third-order valence-corrected chi connectivity index (χ3v) is 8.14. The number of likely N-dealkylation sites (tertiary alicyclic amines) is 1. The molecular weight excluding hydrogens is 598 g/mol. The number of carbonyl (C=O) groups is 1. The first kappa shape index (κ1) is 28.9. The molecule has 2 aromatic carbocycles. The molecule has 0 amide bonds. The number of hydrogen-bond acceptors (Lipinski definition) is 8. The highest BCUT2D eigenvalue weighted by Crippen LogP contribution is 2.36. The molecule has 1 aromatic heterocycles. The van der Waals surface area contributed by atoms with Crippen molar-refractivity contribution in [3.63, 3.8) is 0 Å². The van der Waals surface area contributed by atoms with Gasteiger partial charge in [0.05, 0.1) is 11.2 Å². The molecule has 2 heterocycles. The van der Waals surface area contributed by atoms with Crippen LogP contribution in [-0.2, 0) is 32.7 Å². The van der Waals surface area contributed by atoms with Crippen LogP contribution in [0.15, 0.2) is 40.1 Å². The van der Waals surface area contributed by atoms with Crippen LogP contribution in [0.5, 0.6) is 0 Å². The molecule has 17 heteroatoms. The average Bonchev–Trinajstić information content (AvgIpc) is 3.35. The minimum absolute atomic E-state index is 0.187. The lowest BCUT2D eigenvalue weighted by molar-refractivity contribution is -0.199.